The molecule has 2 unspecified atom stereocenters. The quantitative estimate of drug-likeness (QED) is 0.867. The summed E-state index contributed by atoms with van der Waals surface area (Å²) >= 11 is 0. The van der Waals surface area contributed by atoms with Crippen molar-refractivity contribution < 1.29 is 4.74 Å². The first kappa shape index (κ1) is 12.4. The fourth-order valence-electron chi connectivity index (χ4n) is 2.50. The Balaban J connectivity index is 2.12. The number of ether oxygens (including phenoxy) is 1. The molecule has 0 amide bonds. The van der Waals surface area contributed by atoms with Gasteiger partial charge in [-0.25, -0.2) is 0 Å². The molecule has 0 aromatic heterocycles. The summed E-state index contributed by atoms with van der Waals surface area (Å²) in [6.07, 6.45) is 4.86. The van der Waals surface area contributed by atoms with Crippen LogP contribution in [0.5, 0.6) is 5.75 Å². The smallest absolute Gasteiger partial charge is 0.123 e. The highest BCUT2D eigenvalue weighted by molar-refractivity contribution is 5.35. The molecule has 1 aliphatic carbocycles. The summed E-state index contributed by atoms with van der Waals surface area (Å²) in [5.41, 5.74) is 7.41. The van der Waals surface area contributed by atoms with Crippen LogP contribution in [0.2, 0.25) is 0 Å². The van der Waals surface area contributed by atoms with E-state index in [1.165, 1.54) is 18.4 Å². The summed E-state index contributed by atoms with van der Waals surface area (Å²) in [4.78, 5) is 0. The van der Waals surface area contributed by atoms with Gasteiger partial charge in [-0.3, -0.25) is 0 Å². The van der Waals surface area contributed by atoms with Crippen molar-refractivity contribution in [1.82, 2.24) is 0 Å². The van der Waals surface area contributed by atoms with Crippen LogP contribution in [0.1, 0.15) is 51.0 Å². The summed E-state index contributed by atoms with van der Waals surface area (Å²) in [5.74, 6) is 1.51. The van der Waals surface area contributed by atoms with Crippen LogP contribution in [0.4, 0.5) is 0 Å². The zero-order valence-corrected chi connectivity index (χ0v) is 10.9. The van der Waals surface area contributed by atoms with Gasteiger partial charge in [0, 0.05) is 6.04 Å². The van der Waals surface area contributed by atoms with E-state index in [1.54, 1.807) is 0 Å². The zero-order chi connectivity index (χ0) is 12.3. The Morgan fingerprint density at radius 1 is 1.18 bits per heavy atom. The van der Waals surface area contributed by atoms with Gasteiger partial charge in [0.1, 0.15) is 11.9 Å². The monoisotopic (exact) mass is 233 g/mol. The molecular weight excluding hydrogens is 210 g/mol. The second kappa shape index (κ2) is 5.54. The number of rotatable bonds is 3. The van der Waals surface area contributed by atoms with Gasteiger partial charge in [0.15, 0.2) is 0 Å². The molecule has 0 aliphatic heterocycles. The van der Waals surface area contributed by atoms with E-state index < -0.39 is 0 Å². The SMILES string of the molecule is CC(C)c1ccccc1OC1CCCCC1N. The van der Waals surface area contributed by atoms with Crippen LogP contribution in [0.3, 0.4) is 0 Å². The molecule has 0 heterocycles. The average molecular weight is 233 g/mol. The Bertz CT molecular complexity index is 362. The van der Waals surface area contributed by atoms with Gasteiger partial charge < -0.3 is 10.5 Å². The van der Waals surface area contributed by atoms with Gasteiger partial charge in [-0.2, -0.15) is 0 Å². The molecule has 1 saturated carbocycles. The molecule has 2 atom stereocenters. The summed E-state index contributed by atoms with van der Waals surface area (Å²) in [7, 11) is 0. The van der Waals surface area contributed by atoms with Crippen molar-refractivity contribution in [2.45, 2.75) is 57.6 Å². The van der Waals surface area contributed by atoms with Crippen molar-refractivity contribution in [3.63, 3.8) is 0 Å². The first-order valence-corrected chi connectivity index (χ1v) is 6.69. The fraction of sp³-hybridized carbons (Fsp3) is 0.600. The van der Waals surface area contributed by atoms with Gasteiger partial charge >= 0.3 is 0 Å². The molecule has 0 spiro atoms. The third kappa shape index (κ3) is 3.01. The summed E-state index contributed by atoms with van der Waals surface area (Å²) in [5, 5.41) is 0. The van der Waals surface area contributed by atoms with E-state index in [1.807, 2.05) is 6.07 Å². The lowest BCUT2D eigenvalue weighted by molar-refractivity contribution is 0.131. The van der Waals surface area contributed by atoms with E-state index in [4.69, 9.17) is 10.5 Å². The van der Waals surface area contributed by atoms with Crippen LogP contribution in [0, 0.1) is 0 Å². The van der Waals surface area contributed by atoms with Gasteiger partial charge in [-0.1, -0.05) is 38.5 Å². The van der Waals surface area contributed by atoms with E-state index in [2.05, 4.69) is 32.0 Å². The van der Waals surface area contributed by atoms with Crippen molar-refractivity contribution in [2.75, 3.05) is 0 Å². The zero-order valence-electron chi connectivity index (χ0n) is 10.9. The van der Waals surface area contributed by atoms with Gasteiger partial charge in [0.25, 0.3) is 0 Å². The Kier molecular flexibility index (Phi) is 4.06. The number of hydrogen-bond acceptors (Lipinski definition) is 2. The van der Waals surface area contributed by atoms with E-state index >= 15 is 0 Å². The van der Waals surface area contributed by atoms with E-state index in [0.717, 1.165) is 18.6 Å². The van der Waals surface area contributed by atoms with Gasteiger partial charge in [0.05, 0.1) is 0 Å². The number of benzene rings is 1. The Morgan fingerprint density at radius 3 is 2.59 bits per heavy atom. The van der Waals surface area contributed by atoms with Crippen LogP contribution in [0.15, 0.2) is 24.3 Å². The average Bonchev–Trinajstić information content (AvgIpc) is 2.32. The number of nitrogens with two attached hydrogens (primary N) is 1. The summed E-state index contributed by atoms with van der Waals surface area (Å²) < 4.78 is 6.14. The molecule has 0 bridgehead atoms. The van der Waals surface area contributed by atoms with Crippen LogP contribution in [0.25, 0.3) is 0 Å². The lowest BCUT2D eigenvalue weighted by atomic mass is 9.93. The van der Waals surface area contributed by atoms with E-state index in [-0.39, 0.29) is 12.1 Å². The minimum absolute atomic E-state index is 0.198. The van der Waals surface area contributed by atoms with Gasteiger partial charge in [0.2, 0.25) is 0 Å². The molecular formula is C15H23NO. The minimum Gasteiger partial charge on any atom is -0.489 e. The van der Waals surface area contributed by atoms with Crippen LogP contribution in [-0.4, -0.2) is 12.1 Å². The number of para-hydroxylation sites is 1. The molecule has 0 saturated heterocycles. The Hall–Kier alpha value is -1.02. The molecule has 17 heavy (non-hydrogen) atoms. The summed E-state index contributed by atoms with van der Waals surface area (Å²) in [6, 6.07) is 8.52. The van der Waals surface area contributed by atoms with Crippen LogP contribution in [-0.2, 0) is 0 Å². The molecule has 94 valence electrons. The summed E-state index contributed by atoms with van der Waals surface area (Å²) in [6.45, 7) is 4.39. The number of hydrogen-bond donors (Lipinski definition) is 1. The van der Waals surface area contributed by atoms with Crippen LogP contribution < -0.4 is 10.5 Å². The molecule has 0 radical (unpaired) electrons. The normalized spacial score (nSPS) is 24.9. The molecule has 1 aromatic carbocycles. The minimum atomic E-state index is 0.198. The molecule has 2 N–H and O–H groups in total. The third-order valence-electron chi connectivity index (χ3n) is 3.57. The van der Waals surface area contributed by atoms with Crippen molar-refractivity contribution in [3.8, 4) is 5.75 Å². The highest BCUT2D eigenvalue weighted by Gasteiger charge is 2.24. The highest BCUT2D eigenvalue weighted by Crippen LogP contribution is 2.29. The largest absolute Gasteiger partial charge is 0.489 e. The predicted molar refractivity (Wildman–Crippen MR) is 71.4 cm³/mol. The van der Waals surface area contributed by atoms with Gasteiger partial charge in [-0.05, 0) is 36.8 Å². The van der Waals surface area contributed by atoms with Crippen LogP contribution >= 0.6 is 0 Å². The van der Waals surface area contributed by atoms with Crippen molar-refractivity contribution >= 4 is 0 Å². The van der Waals surface area contributed by atoms with Crippen molar-refractivity contribution in [2.24, 2.45) is 5.73 Å². The van der Waals surface area contributed by atoms with E-state index in [9.17, 15) is 0 Å². The van der Waals surface area contributed by atoms with Gasteiger partial charge in [-0.15, -0.1) is 0 Å². The Labute approximate surface area is 104 Å². The van der Waals surface area contributed by atoms with Crippen molar-refractivity contribution in [3.05, 3.63) is 29.8 Å². The molecule has 2 rings (SSSR count). The standard InChI is InChI=1S/C15H23NO/c1-11(2)12-7-3-5-9-14(12)17-15-10-6-4-8-13(15)16/h3,5,7,9,11,13,15H,4,6,8,10,16H2,1-2H3. The maximum absolute atomic E-state index is 6.14. The first-order valence-electron chi connectivity index (χ1n) is 6.69. The maximum Gasteiger partial charge on any atom is 0.123 e. The fourth-order valence-corrected chi connectivity index (χ4v) is 2.50. The first-order chi connectivity index (χ1) is 8.18. The molecule has 1 fully saturated rings. The lowest BCUT2D eigenvalue weighted by Gasteiger charge is -2.30. The Morgan fingerprint density at radius 2 is 1.88 bits per heavy atom. The second-order valence-corrected chi connectivity index (χ2v) is 5.30. The molecule has 2 nitrogen and oxygen atoms in total. The molecule has 2 heteroatoms. The van der Waals surface area contributed by atoms with E-state index in [0.29, 0.717) is 5.92 Å². The second-order valence-electron chi connectivity index (χ2n) is 5.30. The predicted octanol–water partition coefficient (Wildman–Crippen LogP) is 3.46. The topological polar surface area (TPSA) is 35.2 Å². The molecule has 1 aromatic rings. The highest BCUT2D eigenvalue weighted by atomic mass is 16.5. The lowest BCUT2D eigenvalue weighted by Crippen LogP contribution is -2.41. The maximum atomic E-state index is 6.14. The third-order valence-corrected chi connectivity index (χ3v) is 3.57. The molecule has 1 aliphatic rings. The van der Waals surface area contributed by atoms with Crippen molar-refractivity contribution in [1.29, 1.82) is 0 Å².